The lowest BCUT2D eigenvalue weighted by Crippen LogP contribution is -2.50. The molecule has 3 rings (SSSR count). The molecule has 0 atom stereocenters. The second-order valence-corrected chi connectivity index (χ2v) is 11.8. The fraction of sp³-hybridized carbons (Fsp3) is 0.609. The van der Waals surface area contributed by atoms with Gasteiger partial charge in [0, 0.05) is 32.7 Å². The molecule has 0 aromatic heterocycles. The SMILES string of the molecule is CCCS(=O)(=O)N1CCN(CCCN2C(=S)N(c3ccc(C#N)c(C(F)(F)F)c3)C(=O)C2(C)C)CC1. The number of hydrogen-bond acceptors (Lipinski definition) is 6. The molecule has 0 spiro atoms. The highest BCUT2D eigenvalue weighted by atomic mass is 32.2. The number of alkyl halides is 3. The van der Waals surface area contributed by atoms with Crippen LogP contribution in [0.3, 0.4) is 0 Å². The average molecular weight is 546 g/mol. The van der Waals surface area contributed by atoms with E-state index in [0.717, 1.165) is 17.0 Å². The number of carbonyl (C=O) groups excluding carboxylic acids is 1. The molecule has 1 aromatic rings. The minimum atomic E-state index is -4.75. The van der Waals surface area contributed by atoms with E-state index in [1.54, 1.807) is 18.7 Å². The number of benzene rings is 1. The van der Waals surface area contributed by atoms with E-state index in [1.165, 1.54) is 16.4 Å². The maximum Gasteiger partial charge on any atom is 0.417 e. The van der Waals surface area contributed by atoms with E-state index in [-0.39, 0.29) is 16.6 Å². The smallest absolute Gasteiger partial charge is 0.334 e. The number of piperazine rings is 1. The Balaban J connectivity index is 1.66. The third kappa shape index (κ3) is 5.66. The van der Waals surface area contributed by atoms with Crippen LogP contribution in [0.15, 0.2) is 18.2 Å². The van der Waals surface area contributed by atoms with Gasteiger partial charge in [-0.25, -0.2) is 8.42 Å². The number of rotatable bonds is 8. The first kappa shape index (κ1) is 28.3. The molecule has 2 aliphatic heterocycles. The molecule has 13 heteroatoms. The molecule has 0 saturated carbocycles. The normalized spacial score (nSPS) is 19.7. The van der Waals surface area contributed by atoms with Crippen molar-refractivity contribution < 1.29 is 26.4 Å². The van der Waals surface area contributed by atoms with Crippen molar-refractivity contribution in [1.29, 1.82) is 5.26 Å². The monoisotopic (exact) mass is 545 g/mol. The number of nitrogens with zero attached hydrogens (tertiary/aromatic N) is 5. The van der Waals surface area contributed by atoms with Crippen LogP contribution in [0.2, 0.25) is 0 Å². The van der Waals surface area contributed by atoms with E-state index in [1.807, 2.05) is 6.92 Å². The molecule has 2 heterocycles. The number of carbonyl (C=O) groups is 1. The quantitative estimate of drug-likeness (QED) is 0.464. The van der Waals surface area contributed by atoms with Gasteiger partial charge >= 0.3 is 6.18 Å². The molecule has 1 aromatic carbocycles. The Morgan fingerprint density at radius 1 is 1.14 bits per heavy atom. The molecule has 0 aliphatic carbocycles. The van der Waals surface area contributed by atoms with Crippen LogP contribution in [0.1, 0.15) is 44.7 Å². The van der Waals surface area contributed by atoms with Gasteiger partial charge in [-0.1, -0.05) is 6.92 Å². The number of nitriles is 1. The molecule has 0 bridgehead atoms. The topological polar surface area (TPSA) is 88.0 Å². The molecule has 2 fully saturated rings. The predicted octanol–water partition coefficient (Wildman–Crippen LogP) is 3.04. The summed E-state index contributed by atoms with van der Waals surface area (Å²) < 4.78 is 66.4. The zero-order chi connectivity index (χ0) is 26.9. The Morgan fingerprint density at radius 2 is 1.78 bits per heavy atom. The third-order valence-electron chi connectivity index (χ3n) is 6.55. The van der Waals surface area contributed by atoms with E-state index >= 15 is 0 Å². The Kier molecular flexibility index (Phi) is 8.34. The third-order valence-corrected chi connectivity index (χ3v) is 9.03. The summed E-state index contributed by atoms with van der Waals surface area (Å²) in [4.78, 5) is 18.1. The van der Waals surface area contributed by atoms with Crippen LogP contribution in [0.5, 0.6) is 0 Å². The van der Waals surface area contributed by atoms with Crippen LogP contribution in [-0.4, -0.2) is 84.1 Å². The summed E-state index contributed by atoms with van der Waals surface area (Å²) in [6.45, 7) is 8.33. The van der Waals surface area contributed by atoms with Gasteiger partial charge < -0.3 is 9.80 Å². The average Bonchev–Trinajstić information content (AvgIpc) is 2.97. The van der Waals surface area contributed by atoms with E-state index in [9.17, 15) is 26.4 Å². The Labute approximate surface area is 215 Å². The summed E-state index contributed by atoms with van der Waals surface area (Å²) in [5.74, 6) is -0.303. The van der Waals surface area contributed by atoms with Gasteiger partial charge in [-0.2, -0.15) is 22.7 Å². The zero-order valence-electron chi connectivity index (χ0n) is 20.5. The number of amides is 1. The largest absolute Gasteiger partial charge is 0.417 e. The fourth-order valence-electron chi connectivity index (χ4n) is 4.51. The summed E-state index contributed by atoms with van der Waals surface area (Å²) in [7, 11) is -3.22. The van der Waals surface area contributed by atoms with Crippen molar-refractivity contribution in [2.24, 2.45) is 0 Å². The first-order valence-corrected chi connectivity index (χ1v) is 13.7. The lowest BCUT2D eigenvalue weighted by molar-refractivity contribution is -0.137. The highest BCUT2D eigenvalue weighted by Gasteiger charge is 2.49. The molecule has 0 N–H and O–H groups in total. The van der Waals surface area contributed by atoms with Gasteiger partial charge in [-0.05, 0) is 63.7 Å². The van der Waals surface area contributed by atoms with Crippen molar-refractivity contribution in [2.45, 2.75) is 45.3 Å². The number of sulfonamides is 1. The highest BCUT2D eigenvalue weighted by molar-refractivity contribution is 7.89. The standard InChI is InChI=1S/C23H30F3N5O3S2/c1-4-14-36(33,34)29-12-10-28(11-13-29)8-5-9-30-21(35)31(20(32)22(30,2)3)18-7-6-17(16-27)19(15-18)23(24,25)26/h6-7,15H,4-5,8-14H2,1-3H3. The van der Waals surface area contributed by atoms with Gasteiger partial charge in [0.25, 0.3) is 5.91 Å². The van der Waals surface area contributed by atoms with E-state index < -0.39 is 38.8 Å². The van der Waals surface area contributed by atoms with Crippen molar-refractivity contribution in [1.82, 2.24) is 14.1 Å². The Bertz CT molecular complexity index is 1160. The van der Waals surface area contributed by atoms with Crippen molar-refractivity contribution in [2.75, 3.05) is 49.9 Å². The molecular weight excluding hydrogens is 515 g/mol. The lowest BCUT2D eigenvalue weighted by Gasteiger charge is -2.35. The van der Waals surface area contributed by atoms with Crippen molar-refractivity contribution in [3.8, 4) is 6.07 Å². The van der Waals surface area contributed by atoms with Crippen LogP contribution < -0.4 is 4.90 Å². The maximum atomic E-state index is 13.5. The van der Waals surface area contributed by atoms with Gasteiger partial charge in [-0.3, -0.25) is 9.69 Å². The lowest BCUT2D eigenvalue weighted by atomic mass is 10.0. The minimum Gasteiger partial charge on any atom is -0.334 e. The molecule has 2 saturated heterocycles. The molecule has 36 heavy (non-hydrogen) atoms. The number of hydrogen-bond donors (Lipinski definition) is 0. The predicted molar refractivity (Wildman–Crippen MR) is 134 cm³/mol. The van der Waals surface area contributed by atoms with Gasteiger partial charge in [0.2, 0.25) is 10.0 Å². The number of anilines is 1. The van der Waals surface area contributed by atoms with Crippen molar-refractivity contribution in [3.05, 3.63) is 29.3 Å². The Hall–Kier alpha value is -2.27. The number of thiocarbonyl (C=S) groups is 1. The fourth-order valence-corrected chi connectivity index (χ4v) is 6.51. The first-order chi connectivity index (χ1) is 16.7. The van der Waals surface area contributed by atoms with Gasteiger partial charge in [0.15, 0.2) is 5.11 Å². The van der Waals surface area contributed by atoms with Crippen LogP contribution in [0.4, 0.5) is 18.9 Å². The summed E-state index contributed by atoms with van der Waals surface area (Å²) in [5, 5.41) is 9.16. The summed E-state index contributed by atoms with van der Waals surface area (Å²) >= 11 is 5.52. The first-order valence-electron chi connectivity index (χ1n) is 11.7. The van der Waals surface area contributed by atoms with E-state index in [2.05, 4.69) is 4.90 Å². The van der Waals surface area contributed by atoms with Gasteiger partial charge in [0.05, 0.1) is 28.6 Å². The maximum absolute atomic E-state index is 13.5. The molecule has 2 aliphatic rings. The van der Waals surface area contributed by atoms with Crippen LogP contribution in [-0.2, 0) is 21.0 Å². The van der Waals surface area contributed by atoms with Gasteiger partial charge in [0.1, 0.15) is 5.54 Å². The zero-order valence-corrected chi connectivity index (χ0v) is 22.1. The summed E-state index contributed by atoms with van der Waals surface area (Å²) in [5.41, 5.74) is -2.73. The molecule has 1 amide bonds. The Morgan fingerprint density at radius 3 is 2.33 bits per heavy atom. The van der Waals surface area contributed by atoms with E-state index in [4.69, 9.17) is 17.5 Å². The van der Waals surface area contributed by atoms with Gasteiger partial charge in [-0.15, -0.1) is 0 Å². The van der Waals surface area contributed by atoms with Crippen LogP contribution >= 0.6 is 12.2 Å². The molecular formula is C23H30F3N5O3S2. The molecule has 198 valence electrons. The summed E-state index contributed by atoms with van der Waals surface area (Å²) in [6.07, 6.45) is -3.54. The van der Waals surface area contributed by atoms with Crippen molar-refractivity contribution >= 4 is 38.9 Å². The van der Waals surface area contributed by atoms with Crippen molar-refractivity contribution in [3.63, 3.8) is 0 Å². The molecule has 8 nitrogen and oxygen atoms in total. The summed E-state index contributed by atoms with van der Waals surface area (Å²) in [6, 6.07) is 4.66. The number of halogens is 3. The van der Waals surface area contributed by atoms with Crippen LogP contribution in [0.25, 0.3) is 0 Å². The second-order valence-electron chi connectivity index (χ2n) is 9.38. The minimum absolute atomic E-state index is 0.0312. The molecule has 0 radical (unpaired) electrons. The second kappa shape index (κ2) is 10.6. The molecule has 0 unspecified atom stereocenters. The highest BCUT2D eigenvalue weighted by Crippen LogP contribution is 2.37. The van der Waals surface area contributed by atoms with E-state index in [0.29, 0.717) is 52.1 Å². The van der Waals surface area contributed by atoms with Crippen LogP contribution in [0, 0.1) is 11.3 Å².